The van der Waals surface area contributed by atoms with Gasteiger partial charge in [0.15, 0.2) is 0 Å². The largest absolute Gasteiger partial charge is 0.446 e. The first-order valence-electron chi connectivity index (χ1n) is 6.85. The molecule has 1 saturated carbocycles. The molecule has 1 rings (SSSR count). The van der Waals surface area contributed by atoms with Crippen molar-refractivity contribution in [1.29, 1.82) is 0 Å². The van der Waals surface area contributed by atoms with Crippen molar-refractivity contribution in [2.24, 2.45) is 5.41 Å². The van der Waals surface area contributed by atoms with Crippen LogP contribution in [0.25, 0.3) is 0 Å². The Morgan fingerprint density at radius 1 is 1.21 bits per heavy atom. The van der Waals surface area contributed by atoms with Gasteiger partial charge in [0, 0.05) is 0 Å². The van der Waals surface area contributed by atoms with E-state index in [2.05, 4.69) is 0 Å². The maximum atomic E-state index is 11.7. The molecule has 1 aliphatic rings. The van der Waals surface area contributed by atoms with E-state index in [-0.39, 0.29) is 6.10 Å². The van der Waals surface area contributed by atoms with E-state index in [4.69, 9.17) is 8.92 Å². The first-order valence-corrected chi connectivity index (χ1v) is 8.43. The molecule has 112 valence electrons. The van der Waals surface area contributed by atoms with Crippen LogP contribution in [0.2, 0.25) is 0 Å². The second kappa shape index (κ2) is 6.70. The number of rotatable bonds is 6. The number of hydrogen-bond acceptors (Lipinski definition) is 5. The Morgan fingerprint density at radius 3 is 2.32 bits per heavy atom. The third kappa shape index (κ3) is 5.48. The Morgan fingerprint density at radius 2 is 1.79 bits per heavy atom. The fraction of sp³-hybridized carbons (Fsp3) is 0.923. The fourth-order valence-electron chi connectivity index (χ4n) is 1.86. The molecule has 6 heteroatoms. The Kier molecular flexibility index (Phi) is 5.80. The zero-order valence-corrected chi connectivity index (χ0v) is 12.8. The summed E-state index contributed by atoms with van der Waals surface area (Å²) in [6.45, 7) is 5.31. The summed E-state index contributed by atoms with van der Waals surface area (Å²) in [5.41, 5.74) is -0.666. The number of carbonyl (C=O) groups excluding carboxylic acids is 1. The third-order valence-corrected chi connectivity index (χ3v) is 4.58. The zero-order valence-electron chi connectivity index (χ0n) is 12.0. The SMILES string of the molecule is CCC(C)(C)C(=O)OCS(=O)(=O)OC1CCCCC1. The number of carbonyl (C=O) groups is 1. The van der Waals surface area contributed by atoms with Crippen LogP contribution in [0.1, 0.15) is 59.3 Å². The van der Waals surface area contributed by atoms with Crippen molar-refractivity contribution < 1.29 is 22.1 Å². The molecular weight excluding hydrogens is 268 g/mol. The highest BCUT2D eigenvalue weighted by atomic mass is 32.2. The smallest absolute Gasteiger partial charge is 0.312 e. The predicted molar refractivity (Wildman–Crippen MR) is 71.9 cm³/mol. The van der Waals surface area contributed by atoms with Gasteiger partial charge in [0.2, 0.25) is 5.94 Å². The predicted octanol–water partition coefficient (Wildman–Crippen LogP) is 2.60. The molecule has 0 N–H and O–H groups in total. The summed E-state index contributed by atoms with van der Waals surface area (Å²) in [4.78, 5) is 11.7. The van der Waals surface area contributed by atoms with Gasteiger partial charge in [-0.25, -0.2) is 0 Å². The van der Waals surface area contributed by atoms with Gasteiger partial charge in [-0.15, -0.1) is 0 Å². The average Bonchev–Trinajstić information content (AvgIpc) is 2.36. The number of ether oxygens (including phenoxy) is 1. The van der Waals surface area contributed by atoms with Crippen LogP contribution in [0.4, 0.5) is 0 Å². The summed E-state index contributed by atoms with van der Waals surface area (Å²) in [5.74, 6) is -1.20. The van der Waals surface area contributed by atoms with Crippen LogP contribution in [-0.4, -0.2) is 26.4 Å². The Balaban J connectivity index is 2.44. The molecule has 0 unspecified atom stereocenters. The van der Waals surface area contributed by atoms with Crippen LogP contribution in [0.3, 0.4) is 0 Å². The van der Waals surface area contributed by atoms with Gasteiger partial charge < -0.3 is 4.74 Å². The average molecular weight is 292 g/mol. The van der Waals surface area contributed by atoms with E-state index in [0.717, 1.165) is 32.1 Å². The quantitative estimate of drug-likeness (QED) is 0.556. The molecule has 0 aromatic rings. The van der Waals surface area contributed by atoms with Crippen LogP contribution in [0.15, 0.2) is 0 Å². The Labute approximate surface area is 115 Å². The molecule has 0 aromatic heterocycles. The fourth-order valence-corrected chi connectivity index (χ4v) is 2.78. The van der Waals surface area contributed by atoms with Gasteiger partial charge in [-0.1, -0.05) is 26.2 Å². The lowest BCUT2D eigenvalue weighted by atomic mass is 9.91. The monoisotopic (exact) mass is 292 g/mol. The standard InChI is InChI=1S/C13H24O5S/c1-4-13(2,3)12(14)17-10-19(15,16)18-11-8-6-5-7-9-11/h11H,4-10H2,1-3H3. The lowest BCUT2D eigenvalue weighted by Crippen LogP contribution is -2.30. The number of esters is 1. The van der Waals surface area contributed by atoms with Crippen molar-refractivity contribution in [3.05, 3.63) is 0 Å². The van der Waals surface area contributed by atoms with Gasteiger partial charge in [-0.05, 0) is 33.1 Å². The molecule has 0 heterocycles. The minimum Gasteiger partial charge on any atom is -0.446 e. The maximum Gasteiger partial charge on any atom is 0.312 e. The molecule has 0 amide bonds. The topological polar surface area (TPSA) is 69.7 Å². The third-order valence-electron chi connectivity index (χ3n) is 3.61. The van der Waals surface area contributed by atoms with Crippen LogP contribution in [0.5, 0.6) is 0 Å². The molecule has 0 saturated heterocycles. The first kappa shape index (κ1) is 16.4. The van der Waals surface area contributed by atoms with Gasteiger partial charge in [-0.2, -0.15) is 8.42 Å². The van der Waals surface area contributed by atoms with Gasteiger partial charge in [0.25, 0.3) is 0 Å². The highest BCUT2D eigenvalue weighted by molar-refractivity contribution is 7.86. The van der Waals surface area contributed by atoms with Crippen LogP contribution in [0, 0.1) is 5.41 Å². The summed E-state index contributed by atoms with van der Waals surface area (Å²) in [6, 6.07) is 0. The van der Waals surface area contributed by atoms with Crippen LogP contribution >= 0.6 is 0 Å². The molecule has 5 nitrogen and oxygen atoms in total. The summed E-state index contributed by atoms with van der Waals surface area (Å²) >= 11 is 0. The molecule has 1 aliphatic carbocycles. The van der Waals surface area contributed by atoms with Gasteiger partial charge in [0.1, 0.15) is 0 Å². The maximum absolute atomic E-state index is 11.7. The van der Waals surface area contributed by atoms with E-state index >= 15 is 0 Å². The van der Waals surface area contributed by atoms with Crippen molar-refractivity contribution in [3.8, 4) is 0 Å². The summed E-state index contributed by atoms with van der Waals surface area (Å²) < 4.78 is 33.4. The molecule has 19 heavy (non-hydrogen) atoms. The highest BCUT2D eigenvalue weighted by Crippen LogP contribution is 2.24. The van der Waals surface area contributed by atoms with Crippen molar-refractivity contribution in [1.82, 2.24) is 0 Å². The van der Waals surface area contributed by atoms with E-state index in [9.17, 15) is 13.2 Å². The Hall–Kier alpha value is -0.620. The molecular formula is C13H24O5S. The molecule has 1 fully saturated rings. The Bertz CT molecular complexity index is 393. The van der Waals surface area contributed by atoms with Crippen molar-refractivity contribution in [3.63, 3.8) is 0 Å². The van der Waals surface area contributed by atoms with E-state index < -0.39 is 27.4 Å². The molecule has 0 spiro atoms. The first-order chi connectivity index (χ1) is 8.77. The van der Waals surface area contributed by atoms with E-state index in [0.29, 0.717) is 6.42 Å². The van der Waals surface area contributed by atoms with Crippen LogP contribution in [-0.2, 0) is 23.8 Å². The number of hydrogen-bond donors (Lipinski definition) is 0. The van der Waals surface area contributed by atoms with E-state index in [1.54, 1.807) is 13.8 Å². The van der Waals surface area contributed by atoms with Gasteiger partial charge in [0.05, 0.1) is 11.5 Å². The minimum absolute atomic E-state index is 0.253. The molecule has 0 radical (unpaired) electrons. The van der Waals surface area contributed by atoms with Gasteiger partial charge in [-0.3, -0.25) is 8.98 Å². The second-order valence-corrected chi connectivity index (χ2v) is 7.24. The van der Waals surface area contributed by atoms with E-state index in [1.165, 1.54) is 0 Å². The van der Waals surface area contributed by atoms with Gasteiger partial charge >= 0.3 is 16.1 Å². The summed E-state index contributed by atoms with van der Waals surface area (Å²) in [5, 5.41) is 0. The van der Waals surface area contributed by atoms with E-state index in [1.807, 2.05) is 6.92 Å². The second-order valence-electron chi connectivity index (χ2n) is 5.70. The minimum atomic E-state index is -3.79. The van der Waals surface area contributed by atoms with Crippen molar-refractivity contribution >= 4 is 16.1 Å². The van der Waals surface area contributed by atoms with Crippen molar-refractivity contribution in [2.75, 3.05) is 5.94 Å². The lowest BCUT2D eigenvalue weighted by Gasteiger charge is -2.23. The molecule has 0 aromatic carbocycles. The normalized spacial score (nSPS) is 18.3. The molecule has 0 aliphatic heterocycles. The molecule has 0 bridgehead atoms. The zero-order chi connectivity index (χ0) is 14.5. The highest BCUT2D eigenvalue weighted by Gasteiger charge is 2.29. The summed E-state index contributed by atoms with van der Waals surface area (Å²) in [6.07, 6.45) is 4.96. The molecule has 0 atom stereocenters. The summed E-state index contributed by atoms with van der Waals surface area (Å²) in [7, 11) is -3.79. The van der Waals surface area contributed by atoms with Crippen LogP contribution < -0.4 is 0 Å². The lowest BCUT2D eigenvalue weighted by molar-refractivity contribution is -0.152. The van der Waals surface area contributed by atoms with Crippen molar-refractivity contribution in [2.45, 2.75) is 65.4 Å².